The van der Waals surface area contributed by atoms with Gasteiger partial charge in [-0.05, 0) is 96.4 Å². The van der Waals surface area contributed by atoms with Crippen molar-refractivity contribution in [2.24, 2.45) is 0 Å². The lowest BCUT2D eigenvalue weighted by Crippen LogP contribution is -2.39. The van der Waals surface area contributed by atoms with E-state index in [1.54, 1.807) is 53.3 Å². The van der Waals surface area contributed by atoms with Crippen LogP contribution in [0, 0.1) is 0 Å². The highest BCUT2D eigenvalue weighted by Crippen LogP contribution is 2.36. The van der Waals surface area contributed by atoms with Gasteiger partial charge in [0, 0.05) is 48.7 Å². The fourth-order valence-electron chi connectivity index (χ4n) is 6.70. The molecule has 6 heterocycles. The number of anilines is 6. The second kappa shape index (κ2) is 16.9. The van der Waals surface area contributed by atoms with Crippen molar-refractivity contribution in [2.45, 2.75) is 102 Å². The van der Waals surface area contributed by atoms with Crippen molar-refractivity contribution in [3.63, 3.8) is 0 Å². The summed E-state index contributed by atoms with van der Waals surface area (Å²) >= 11 is 0. The molecule has 10 rings (SSSR count). The van der Waals surface area contributed by atoms with Gasteiger partial charge in [-0.1, -0.05) is 0 Å². The molecule has 20 heteroatoms. The molecule has 0 aromatic carbocycles. The number of carbonyl (C=O) groups is 3. The van der Waals surface area contributed by atoms with Gasteiger partial charge in [0.15, 0.2) is 11.3 Å². The van der Waals surface area contributed by atoms with Crippen LogP contribution in [0.4, 0.5) is 39.4 Å². The van der Waals surface area contributed by atoms with Gasteiger partial charge < -0.3 is 40.8 Å². The van der Waals surface area contributed by atoms with Crippen molar-refractivity contribution in [1.29, 1.82) is 0 Å². The lowest BCUT2D eigenvalue weighted by molar-refractivity contribution is 0.0575. The van der Waals surface area contributed by atoms with E-state index in [0.717, 1.165) is 57.2 Å². The molecule has 20 nitrogen and oxygen atoms in total. The molecule has 0 unspecified atom stereocenters. The number of amides is 3. The summed E-state index contributed by atoms with van der Waals surface area (Å²) in [6.07, 6.45) is 13.8. The highest BCUT2D eigenvalue weighted by atomic mass is 16.6. The number of fused-ring (bicyclic) bond motifs is 2. The minimum absolute atomic E-state index is 0.0239. The smallest absolute Gasteiger partial charge is 0.416 e. The summed E-state index contributed by atoms with van der Waals surface area (Å²) in [5, 5.41) is 24.7. The average molecular weight is 859 g/mol. The molecule has 0 radical (unpaired) electrons. The van der Waals surface area contributed by atoms with Crippen LogP contribution in [0.5, 0.6) is 11.8 Å². The number of aromatic nitrogens is 8. The molecule has 0 spiro atoms. The monoisotopic (exact) mass is 858 g/mol. The maximum atomic E-state index is 13.3. The molecule has 4 aliphatic rings. The molecule has 0 saturated heterocycles. The van der Waals surface area contributed by atoms with Crippen molar-refractivity contribution in [3.8, 4) is 11.8 Å². The average Bonchev–Trinajstić information content (AvgIpc) is 4.01. The van der Waals surface area contributed by atoms with Crippen LogP contribution in [0.1, 0.15) is 92.9 Å². The minimum Gasteiger partial charge on any atom is -0.480 e. The van der Waals surface area contributed by atoms with Crippen LogP contribution < -0.4 is 41.0 Å². The normalized spacial score (nSPS) is 15.8. The van der Waals surface area contributed by atoms with Gasteiger partial charge in [-0.2, -0.15) is 19.2 Å². The summed E-state index contributed by atoms with van der Waals surface area (Å²) in [4.78, 5) is 58.1. The fraction of sp³-hybridized carbons (Fsp3) is 0.419. The Morgan fingerprint density at radius 2 is 1.21 bits per heavy atom. The number of rotatable bonds is 14. The van der Waals surface area contributed by atoms with Crippen molar-refractivity contribution in [2.75, 3.05) is 35.1 Å². The summed E-state index contributed by atoms with van der Waals surface area (Å²) in [6, 6.07) is 11.7. The SMILES string of the molecule is COc1ncccc1Nc1cc(N(C(=O)OC(C)(C)C)C2CC2)n2ncc(C(=O)NC3CC3)c2n1.COc1ncccc1Nc1cc(NC2CC2)n2ncc(C(=O)NC3CC3)c2n1. The van der Waals surface area contributed by atoms with E-state index in [9.17, 15) is 14.4 Å². The quantitative estimate of drug-likeness (QED) is 0.0844. The fourth-order valence-corrected chi connectivity index (χ4v) is 6.70. The zero-order valence-corrected chi connectivity index (χ0v) is 35.7. The third-order valence-electron chi connectivity index (χ3n) is 10.4. The number of nitrogens with one attached hydrogen (secondary N) is 5. The zero-order chi connectivity index (χ0) is 43.8. The Morgan fingerprint density at radius 3 is 1.70 bits per heavy atom. The lowest BCUT2D eigenvalue weighted by Gasteiger charge is -2.27. The number of ether oxygens (including phenoxy) is 3. The molecular formula is C43H50N14O6. The number of hydrogen-bond acceptors (Lipinski definition) is 15. The summed E-state index contributed by atoms with van der Waals surface area (Å²) < 4.78 is 19.6. The Morgan fingerprint density at radius 1 is 0.698 bits per heavy atom. The highest BCUT2D eigenvalue weighted by molar-refractivity contribution is 6.01. The predicted molar refractivity (Wildman–Crippen MR) is 233 cm³/mol. The van der Waals surface area contributed by atoms with E-state index in [1.807, 2.05) is 39.0 Å². The molecular weight excluding hydrogens is 809 g/mol. The highest BCUT2D eigenvalue weighted by Gasteiger charge is 2.39. The van der Waals surface area contributed by atoms with Crippen LogP contribution in [0.25, 0.3) is 11.3 Å². The molecule has 0 aliphatic heterocycles. The Bertz CT molecular complexity index is 2680. The third kappa shape index (κ3) is 9.63. The molecule has 0 atom stereocenters. The number of pyridine rings is 2. The first-order valence-corrected chi connectivity index (χ1v) is 21.1. The van der Waals surface area contributed by atoms with Crippen molar-refractivity contribution in [1.82, 2.24) is 49.8 Å². The Labute approximate surface area is 362 Å². The molecule has 4 saturated carbocycles. The molecule has 3 amide bonds. The Kier molecular flexibility index (Phi) is 11.0. The topological polar surface area (TPSA) is 228 Å². The van der Waals surface area contributed by atoms with E-state index in [4.69, 9.17) is 14.2 Å². The summed E-state index contributed by atoms with van der Waals surface area (Å²) in [6.45, 7) is 5.48. The number of nitrogens with zero attached hydrogens (tertiary/aromatic N) is 9. The lowest BCUT2D eigenvalue weighted by atomic mass is 10.2. The molecule has 4 fully saturated rings. The van der Waals surface area contributed by atoms with Gasteiger partial charge in [0.25, 0.3) is 11.8 Å². The van der Waals surface area contributed by atoms with Gasteiger partial charge >= 0.3 is 6.09 Å². The van der Waals surface area contributed by atoms with Crippen LogP contribution in [-0.4, -0.2) is 101 Å². The summed E-state index contributed by atoms with van der Waals surface area (Å²) in [5.74, 6) is 2.73. The summed E-state index contributed by atoms with van der Waals surface area (Å²) in [5.41, 5.74) is 2.26. The molecule has 4 aliphatic carbocycles. The third-order valence-corrected chi connectivity index (χ3v) is 10.4. The van der Waals surface area contributed by atoms with Gasteiger partial charge in [-0.15, -0.1) is 0 Å². The maximum Gasteiger partial charge on any atom is 0.416 e. The van der Waals surface area contributed by atoms with E-state index >= 15 is 0 Å². The van der Waals surface area contributed by atoms with Crippen LogP contribution in [0.3, 0.4) is 0 Å². The van der Waals surface area contributed by atoms with Crippen LogP contribution >= 0.6 is 0 Å². The largest absolute Gasteiger partial charge is 0.480 e. The summed E-state index contributed by atoms with van der Waals surface area (Å²) in [7, 11) is 3.10. The van der Waals surface area contributed by atoms with Crippen LogP contribution in [-0.2, 0) is 4.74 Å². The first-order valence-electron chi connectivity index (χ1n) is 21.1. The minimum atomic E-state index is -0.667. The first-order chi connectivity index (χ1) is 30.4. The van der Waals surface area contributed by atoms with Crippen LogP contribution in [0.2, 0.25) is 0 Å². The maximum absolute atomic E-state index is 13.3. The first kappa shape index (κ1) is 41.1. The Balaban J connectivity index is 0.000000164. The second-order valence-corrected chi connectivity index (χ2v) is 17.0. The molecule has 6 aromatic heterocycles. The predicted octanol–water partition coefficient (Wildman–Crippen LogP) is 6.02. The van der Waals surface area contributed by atoms with Crippen LogP contribution in [0.15, 0.2) is 61.2 Å². The molecule has 328 valence electrons. The van der Waals surface area contributed by atoms with E-state index in [-0.39, 0.29) is 29.9 Å². The van der Waals surface area contributed by atoms with E-state index in [0.29, 0.717) is 69.1 Å². The van der Waals surface area contributed by atoms with Gasteiger partial charge in [-0.25, -0.2) is 24.7 Å². The second-order valence-electron chi connectivity index (χ2n) is 17.0. The Hall–Kier alpha value is -7.25. The van der Waals surface area contributed by atoms with E-state index in [2.05, 4.69) is 56.7 Å². The standard InChI is InChI=1S/C24H29N7O4.C19H21N7O2/c1-24(2,3)35-23(33)30(15-9-10-15)19-12-18(28-17-6-5-11-25-22(17)34-4)29-20-16(13-26-31(19)20)21(32)27-14-7-8-14;1-28-19-14(3-2-8-20-19)24-15-9-16(22-11-4-5-11)26-17(25-15)13(10-21-26)18(27)23-12-6-7-12/h5-6,11-15H,7-10H2,1-4H3,(H,27,32)(H,28,29);2-3,8-12,22H,4-7H2,1H3,(H,23,27)(H,24,25). The van der Waals surface area contributed by atoms with Gasteiger partial charge in [-0.3, -0.25) is 14.5 Å². The molecule has 6 aromatic rings. The van der Waals surface area contributed by atoms with E-state index < -0.39 is 11.7 Å². The van der Waals surface area contributed by atoms with Crippen molar-refractivity contribution < 1.29 is 28.6 Å². The van der Waals surface area contributed by atoms with Crippen molar-refractivity contribution >= 4 is 63.8 Å². The van der Waals surface area contributed by atoms with E-state index in [1.165, 1.54) is 17.8 Å². The zero-order valence-electron chi connectivity index (χ0n) is 35.7. The molecule has 63 heavy (non-hydrogen) atoms. The molecule has 0 bridgehead atoms. The number of carbonyl (C=O) groups excluding carboxylic acids is 3. The van der Waals surface area contributed by atoms with Gasteiger partial charge in [0.2, 0.25) is 11.8 Å². The van der Waals surface area contributed by atoms with Crippen molar-refractivity contribution in [3.05, 3.63) is 72.3 Å². The molecule has 5 N–H and O–H groups in total. The van der Waals surface area contributed by atoms with Gasteiger partial charge in [0.1, 0.15) is 51.4 Å². The van der Waals surface area contributed by atoms with Gasteiger partial charge in [0.05, 0.1) is 26.6 Å². The number of methoxy groups -OCH3 is 2. The number of hydrogen-bond donors (Lipinski definition) is 5.